The summed E-state index contributed by atoms with van der Waals surface area (Å²) in [6.07, 6.45) is 0. The molecule has 1 aromatic carbocycles. The summed E-state index contributed by atoms with van der Waals surface area (Å²) in [7, 11) is -0.681. The fourth-order valence-electron chi connectivity index (χ4n) is 1.74. The van der Waals surface area contributed by atoms with Gasteiger partial charge in [0.25, 0.3) is 10.0 Å². The molecule has 2 aromatic rings. The number of rotatable bonds is 5. The van der Waals surface area contributed by atoms with E-state index in [0.717, 1.165) is 11.3 Å². The summed E-state index contributed by atoms with van der Waals surface area (Å²) in [6.45, 7) is -0.168. The van der Waals surface area contributed by atoms with Crippen molar-refractivity contribution in [2.24, 2.45) is 0 Å². The van der Waals surface area contributed by atoms with Gasteiger partial charge < -0.3 is 9.84 Å². The van der Waals surface area contributed by atoms with Gasteiger partial charge in [0.2, 0.25) is 0 Å². The zero-order valence-corrected chi connectivity index (χ0v) is 12.7. The van der Waals surface area contributed by atoms with Crippen LogP contribution < -0.4 is 9.04 Å². The highest BCUT2D eigenvalue weighted by molar-refractivity contribution is 7.94. The van der Waals surface area contributed by atoms with Crippen LogP contribution >= 0.6 is 11.3 Å². The van der Waals surface area contributed by atoms with Gasteiger partial charge in [0.05, 0.1) is 19.4 Å². The summed E-state index contributed by atoms with van der Waals surface area (Å²) in [5.74, 6) is 0.484. The Bertz CT molecular complexity index is 694. The first-order chi connectivity index (χ1) is 9.50. The van der Waals surface area contributed by atoms with E-state index in [1.54, 1.807) is 30.3 Å². The summed E-state index contributed by atoms with van der Waals surface area (Å²) >= 11 is 1.06. The molecule has 108 valence electrons. The van der Waals surface area contributed by atoms with Gasteiger partial charge in [-0.1, -0.05) is 12.1 Å². The summed E-state index contributed by atoms with van der Waals surface area (Å²) in [4.78, 5) is 0.608. The van der Waals surface area contributed by atoms with Gasteiger partial charge in [0.15, 0.2) is 0 Å². The molecule has 0 aliphatic carbocycles. The van der Waals surface area contributed by atoms with Crippen LogP contribution in [0.2, 0.25) is 0 Å². The number of nitrogens with zero attached hydrogens (tertiary/aromatic N) is 1. The molecule has 0 aliphatic heterocycles. The predicted octanol–water partition coefficient (Wildman–Crippen LogP) is 2.07. The van der Waals surface area contributed by atoms with E-state index < -0.39 is 10.0 Å². The van der Waals surface area contributed by atoms with Gasteiger partial charge in [-0.15, -0.1) is 11.3 Å². The minimum absolute atomic E-state index is 0.168. The van der Waals surface area contributed by atoms with Crippen LogP contribution in [0.4, 0.5) is 5.69 Å². The molecule has 7 heteroatoms. The average Bonchev–Trinajstić information content (AvgIpc) is 2.96. The lowest BCUT2D eigenvalue weighted by Gasteiger charge is -2.20. The third-order valence-corrected chi connectivity index (χ3v) is 6.14. The number of ether oxygens (including phenoxy) is 1. The Balaban J connectivity index is 2.43. The van der Waals surface area contributed by atoms with Gasteiger partial charge in [-0.25, -0.2) is 8.42 Å². The first-order valence-corrected chi connectivity index (χ1v) is 8.08. The van der Waals surface area contributed by atoms with Crippen LogP contribution in [-0.4, -0.2) is 27.7 Å². The molecule has 0 spiro atoms. The van der Waals surface area contributed by atoms with Crippen molar-refractivity contribution in [3.8, 4) is 5.75 Å². The number of aliphatic hydroxyl groups is 1. The second kappa shape index (κ2) is 5.82. The van der Waals surface area contributed by atoms with Crippen molar-refractivity contribution in [3.05, 3.63) is 41.3 Å². The Labute approximate surface area is 122 Å². The summed E-state index contributed by atoms with van der Waals surface area (Å²) in [5.41, 5.74) is 0.467. The maximum Gasteiger partial charge on any atom is 0.273 e. The molecule has 2 rings (SSSR count). The van der Waals surface area contributed by atoms with E-state index in [1.807, 2.05) is 0 Å². The van der Waals surface area contributed by atoms with E-state index in [-0.39, 0.29) is 10.8 Å². The van der Waals surface area contributed by atoms with Crippen LogP contribution in [0.25, 0.3) is 0 Å². The quantitative estimate of drug-likeness (QED) is 0.917. The van der Waals surface area contributed by atoms with Gasteiger partial charge >= 0.3 is 0 Å². The molecule has 0 atom stereocenters. The molecule has 1 aromatic heterocycles. The number of hydrogen-bond donors (Lipinski definition) is 1. The van der Waals surface area contributed by atoms with Crippen molar-refractivity contribution in [2.45, 2.75) is 10.8 Å². The minimum Gasteiger partial charge on any atom is -0.495 e. The van der Waals surface area contributed by atoms with Crippen molar-refractivity contribution in [2.75, 3.05) is 18.5 Å². The topological polar surface area (TPSA) is 66.8 Å². The van der Waals surface area contributed by atoms with Gasteiger partial charge in [-0.3, -0.25) is 4.31 Å². The molecular formula is C13H15NO4S2. The number of para-hydroxylation sites is 2. The van der Waals surface area contributed by atoms with Crippen molar-refractivity contribution in [1.82, 2.24) is 0 Å². The third kappa shape index (κ3) is 2.65. The molecule has 1 heterocycles. The number of sulfonamides is 1. The lowest BCUT2D eigenvalue weighted by molar-refractivity contribution is 0.285. The number of aliphatic hydroxyl groups excluding tert-OH is 1. The fraction of sp³-hybridized carbons (Fsp3) is 0.231. The zero-order valence-electron chi connectivity index (χ0n) is 11.1. The van der Waals surface area contributed by atoms with Crippen LogP contribution in [0.1, 0.15) is 4.88 Å². The standard InChI is InChI=1S/C13H15NO4S2/c1-14(11-5-3-4-6-12(11)18-2)20(16,17)13-8-7-10(9-15)19-13/h3-8,15H,9H2,1-2H3. The smallest absolute Gasteiger partial charge is 0.273 e. The third-order valence-electron chi connectivity index (χ3n) is 2.83. The highest BCUT2D eigenvalue weighted by atomic mass is 32.2. The molecule has 1 N–H and O–H groups in total. The van der Waals surface area contributed by atoms with Gasteiger partial charge in [-0.05, 0) is 24.3 Å². The second-order valence-corrected chi connectivity index (χ2v) is 7.39. The molecule has 20 heavy (non-hydrogen) atoms. The van der Waals surface area contributed by atoms with Crippen molar-refractivity contribution in [1.29, 1.82) is 0 Å². The number of thiophene rings is 1. The van der Waals surface area contributed by atoms with E-state index in [4.69, 9.17) is 9.84 Å². The minimum atomic E-state index is -3.65. The highest BCUT2D eigenvalue weighted by Gasteiger charge is 2.25. The van der Waals surface area contributed by atoms with Crippen molar-refractivity contribution < 1.29 is 18.3 Å². The molecule has 0 aliphatic rings. The number of anilines is 1. The Morgan fingerprint density at radius 3 is 2.55 bits per heavy atom. The SMILES string of the molecule is COc1ccccc1N(C)S(=O)(=O)c1ccc(CO)s1. The fourth-order valence-corrected chi connectivity index (χ4v) is 4.33. The van der Waals surface area contributed by atoms with Crippen LogP contribution in [0, 0.1) is 0 Å². The van der Waals surface area contributed by atoms with E-state index >= 15 is 0 Å². The van der Waals surface area contributed by atoms with Crippen molar-refractivity contribution >= 4 is 27.0 Å². The van der Waals surface area contributed by atoms with Crippen LogP contribution in [-0.2, 0) is 16.6 Å². The van der Waals surface area contributed by atoms with Gasteiger partial charge in [-0.2, -0.15) is 0 Å². The molecule has 0 amide bonds. The summed E-state index contributed by atoms with van der Waals surface area (Å²) in [6, 6.07) is 10.0. The number of hydrogen-bond acceptors (Lipinski definition) is 5. The van der Waals surface area contributed by atoms with E-state index in [1.165, 1.54) is 24.5 Å². The zero-order chi connectivity index (χ0) is 14.8. The van der Waals surface area contributed by atoms with Gasteiger partial charge in [0, 0.05) is 11.9 Å². The molecule has 0 saturated heterocycles. The van der Waals surface area contributed by atoms with Gasteiger partial charge in [0.1, 0.15) is 9.96 Å². The Morgan fingerprint density at radius 2 is 1.95 bits per heavy atom. The Kier molecular flexibility index (Phi) is 4.32. The van der Waals surface area contributed by atoms with E-state index in [9.17, 15) is 8.42 Å². The summed E-state index contributed by atoms with van der Waals surface area (Å²) < 4.78 is 31.6. The van der Waals surface area contributed by atoms with Crippen LogP contribution in [0.5, 0.6) is 5.75 Å². The normalized spacial score (nSPS) is 11.3. The maximum absolute atomic E-state index is 12.5. The van der Waals surface area contributed by atoms with E-state index in [2.05, 4.69) is 0 Å². The number of methoxy groups -OCH3 is 1. The first-order valence-electron chi connectivity index (χ1n) is 5.82. The predicted molar refractivity (Wildman–Crippen MR) is 78.8 cm³/mol. The molecule has 0 bridgehead atoms. The monoisotopic (exact) mass is 313 g/mol. The van der Waals surface area contributed by atoms with Crippen LogP contribution in [0.3, 0.4) is 0 Å². The Morgan fingerprint density at radius 1 is 1.25 bits per heavy atom. The van der Waals surface area contributed by atoms with Crippen molar-refractivity contribution in [3.63, 3.8) is 0 Å². The molecule has 0 saturated carbocycles. The highest BCUT2D eigenvalue weighted by Crippen LogP contribution is 2.32. The average molecular weight is 313 g/mol. The summed E-state index contributed by atoms with van der Waals surface area (Å²) in [5, 5.41) is 9.04. The molecule has 0 fully saturated rings. The lowest BCUT2D eigenvalue weighted by Crippen LogP contribution is -2.26. The molecule has 0 unspecified atom stereocenters. The van der Waals surface area contributed by atoms with Crippen LogP contribution in [0.15, 0.2) is 40.6 Å². The largest absolute Gasteiger partial charge is 0.495 e. The molecule has 0 radical (unpaired) electrons. The van der Waals surface area contributed by atoms with E-state index in [0.29, 0.717) is 16.3 Å². The lowest BCUT2D eigenvalue weighted by atomic mass is 10.3. The molecule has 5 nitrogen and oxygen atoms in total. The maximum atomic E-state index is 12.5. The second-order valence-electron chi connectivity index (χ2n) is 4.02. The first kappa shape index (κ1) is 14.8. The molecular weight excluding hydrogens is 298 g/mol. The Hall–Kier alpha value is -1.57. The number of benzene rings is 1.